The van der Waals surface area contributed by atoms with Crippen LogP contribution in [0.25, 0.3) is 10.4 Å². The maximum absolute atomic E-state index is 13.0. The van der Waals surface area contributed by atoms with Gasteiger partial charge in [0.05, 0.1) is 4.88 Å². The van der Waals surface area contributed by atoms with Gasteiger partial charge in [-0.1, -0.05) is 12.1 Å². The molecule has 3 nitrogen and oxygen atoms in total. The Morgan fingerprint density at radius 2 is 1.83 bits per heavy atom. The lowest BCUT2D eigenvalue weighted by atomic mass is 10.1. The summed E-state index contributed by atoms with van der Waals surface area (Å²) >= 11 is 1.50. The van der Waals surface area contributed by atoms with Crippen molar-refractivity contribution in [3.05, 3.63) is 47.1 Å². The van der Waals surface area contributed by atoms with Crippen molar-refractivity contribution < 1.29 is 9.18 Å². The standard InChI is InChI=1S/C18H19FN2OS.ClH/c19-13-3-1-12(2-4-13)16-7-8-17(23-16)18(22)21-14-5-6-15(21)11-20-10-9-14;/h1-4,7-8,14-15,20H,5-6,9-11H2;1H. The van der Waals surface area contributed by atoms with E-state index in [-0.39, 0.29) is 24.1 Å². The molecule has 2 atom stereocenters. The van der Waals surface area contributed by atoms with Crippen molar-refractivity contribution in [2.45, 2.75) is 31.3 Å². The molecule has 2 saturated heterocycles. The molecule has 2 fully saturated rings. The summed E-state index contributed by atoms with van der Waals surface area (Å²) in [5, 5.41) is 3.43. The van der Waals surface area contributed by atoms with E-state index in [0.717, 1.165) is 47.7 Å². The predicted molar refractivity (Wildman–Crippen MR) is 97.4 cm³/mol. The number of benzene rings is 1. The third-order valence-electron chi connectivity index (χ3n) is 4.83. The van der Waals surface area contributed by atoms with Crippen LogP contribution in [0.15, 0.2) is 36.4 Å². The summed E-state index contributed by atoms with van der Waals surface area (Å²) in [7, 11) is 0. The summed E-state index contributed by atoms with van der Waals surface area (Å²) in [4.78, 5) is 16.8. The molecule has 0 saturated carbocycles. The Labute approximate surface area is 151 Å². The highest BCUT2D eigenvalue weighted by Crippen LogP contribution is 2.33. The van der Waals surface area contributed by atoms with Crippen LogP contribution in [-0.4, -0.2) is 36.0 Å². The van der Waals surface area contributed by atoms with Crippen LogP contribution in [0.1, 0.15) is 28.9 Å². The second-order valence-electron chi connectivity index (χ2n) is 6.26. The number of carbonyl (C=O) groups is 1. The van der Waals surface area contributed by atoms with E-state index in [0.29, 0.717) is 12.1 Å². The molecule has 6 heteroatoms. The number of nitrogens with one attached hydrogen (secondary N) is 1. The Hall–Kier alpha value is -1.43. The molecular formula is C18H20ClFN2OS. The van der Waals surface area contributed by atoms with Gasteiger partial charge < -0.3 is 10.2 Å². The summed E-state index contributed by atoms with van der Waals surface area (Å²) in [6.45, 7) is 1.90. The SMILES string of the molecule is Cl.O=C(c1ccc(-c2ccc(F)cc2)s1)N1C2CCNCC1CC2. The van der Waals surface area contributed by atoms with E-state index in [2.05, 4.69) is 10.2 Å². The van der Waals surface area contributed by atoms with Gasteiger partial charge >= 0.3 is 0 Å². The van der Waals surface area contributed by atoms with Crippen LogP contribution >= 0.6 is 23.7 Å². The molecule has 1 aromatic heterocycles. The Kier molecular flexibility index (Phi) is 5.23. The van der Waals surface area contributed by atoms with Gasteiger partial charge in [0.2, 0.25) is 0 Å². The van der Waals surface area contributed by atoms with E-state index in [4.69, 9.17) is 0 Å². The molecule has 3 heterocycles. The van der Waals surface area contributed by atoms with Crippen LogP contribution in [0.2, 0.25) is 0 Å². The average molecular weight is 367 g/mol. The fourth-order valence-electron chi connectivity index (χ4n) is 3.66. The summed E-state index contributed by atoms with van der Waals surface area (Å²) < 4.78 is 13.0. The van der Waals surface area contributed by atoms with E-state index in [1.54, 1.807) is 12.1 Å². The Bertz CT molecular complexity index is 704. The molecule has 2 unspecified atom stereocenters. The van der Waals surface area contributed by atoms with Gasteiger partial charge in [-0.25, -0.2) is 4.39 Å². The fourth-order valence-corrected chi connectivity index (χ4v) is 4.62. The van der Waals surface area contributed by atoms with Crippen LogP contribution in [0.5, 0.6) is 0 Å². The highest BCUT2D eigenvalue weighted by atomic mass is 35.5. The molecular weight excluding hydrogens is 347 g/mol. The first-order chi connectivity index (χ1) is 11.2. The largest absolute Gasteiger partial charge is 0.331 e. The van der Waals surface area contributed by atoms with Gasteiger partial charge in [-0.2, -0.15) is 0 Å². The monoisotopic (exact) mass is 366 g/mol. The van der Waals surface area contributed by atoms with Gasteiger partial charge in [0.15, 0.2) is 0 Å². The van der Waals surface area contributed by atoms with Gasteiger partial charge in [-0.05, 0) is 55.6 Å². The van der Waals surface area contributed by atoms with Gasteiger partial charge in [0.1, 0.15) is 5.82 Å². The Morgan fingerprint density at radius 1 is 1.08 bits per heavy atom. The molecule has 1 amide bonds. The number of halogens is 2. The molecule has 0 aliphatic carbocycles. The molecule has 2 aliphatic heterocycles. The van der Waals surface area contributed by atoms with Crippen molar-refractivity contribution in [2.24, 2.45) is 0 Å². The van der Waals surface area contributed by atoms with E-state index in [1.165, 1.54) is 23.5 Å². The fraction of sp³-hybridized carbons (Fsp3) is 0.389. The molecule has 128 valence electrons. The molecule has 2 aliphatic rings. The molecule has 2 bridgehead atoms. The van der Waals surface area contributed by atoms with Gasteiger partial charge in [-0.15, -0.1) is 23.7 Å². The molecule has 1 aromatic carbocycles. The van der Waals surface area contributed by atoms with Crippen molar-refractivity contribution in [3.8, 4) is 10.4 Å². The zero-order valence-corrected chi connectivity index (χ0v) is 14.8. The third-order valence-corrected chi connectivity index (χ3v) is 5.96. The summed E-state index contributed by atoms with van der Waals surface area (Å²) in [5.41, 5.74) is 0.955. The topological polar surface area (TPSA) is 32.3 Å². The van der Waals surface area contributed by atoms with Gasteiger partial charge in [-0.3, -0.25) is 4.79 Å². The number of hydrogen-bond acceptors (Lipinski definition) is 3. The van der Waals surface area contributed by atoms with Crippen LogP contribution in [0.4, 0.5) is 4.39 Å². The van der Waals surface area contributed by atoms with Crippen molar-refractivity contribution in [3.63, 3.8) is 0 Å². The lowest BCUT2D eigenvalue weighted by Gasteiger charge is -2.27. The normalized spacial score (nSPS) is 22.8. The van der Waals surface area contributed by atoms with E-state index < -0.39 is 0 Å². The Morgan fingerprint density at radius 3 is 2.62 bits per heavy atom. The quantitative estimate of drug-likeness (QED) is 0.873. The maximum Gasteiger partial charge on any atom is 0.264 e. The minimum atomic E-state index is -0.241. The van der Waals surface area contributed by atoms with Crippen LogP contribution in [-0.2, 0) is 0 Å². The number of thiophene rings is 1. The van der Waals surface area contributed by atoms with Crippen LogP contribution in [0.3, 0.4) is 0 Å². The Balaban J connectivity index is 0.00000169. The maximum atomic E-state index is 13.0. The first-order valence-electron chi connectivity index (χ1n) is 8.11. The summed E-state index contributed by atoms with van der Waals surface area (Å²) in [5.74, 6) is -0.0881. The first-order valence-corrected chi connectivity index (χ1v) is 8.93. The molecule has 24 heavy (non-hydrogen) atoms. The minimum Gasteiger partial charge on any atom is -0.331 e. The molecule has 0 radical (unpaired) electrons. The highest BCUT2D eigenvalue weighted by molar-refractivity contribution is 7.17. The third kappa shape index (κ3) is 3.21. The second-order valence-corrected chi connectivity index (χ2v) is 7.34. The molecule has 2 aromatic rings. The van der Waals surface area contributed by atoms with Crippen molar-refractivity contribution in [1.82, 2.24) is 10.2 Å². The number of hydrogen-bond donors (Lipinski definition) is 1. The molecule has 4 rings (SSSR count). The number of nitrogens with zero attached hydrogens (tertiary/aromatic N) is 1. The van der Waals surface area contributed by atoms with Gasteiger partial charge in [0, 0.05) is 23.5 Å². The number of carbonyl (C=O) groups excluding carboxylic acids is 1. The van der Waals surface area contributed by atoms with Gasteiger partial charge in [0.25, 0.3) is 5.91 Å². The van der Waals surface area contributed by atoms with Crippen molar-refractivity contribution in [1.29, 1.82) is 0 Å². The summed E-state index contributed by atoms with van der Waals surface area (Å²) in [6, 6.07) is 11.0. The smallest absolute Gasteiger partial charge is 0.264 e. The predicted octanol–water partition coefficient (Wildman–Crippen LogP) is 3.94. The molecule has 1 N–H and O–H groups in total. The lowest BCUT2D eigenvalue weighted by molar-refractivity contribution is 0.0685. The number of rotatable bonds is 2. The van der Waals surface area contributed by atoms with E-state index in [1.807, 2.05) is 12.1 Å². The van der Waals surface area contributed by atoms with E-state index in [9.17, 15) is 9.18 Å². The van der Waals surface area contributed by atoms with E-state index >= 15 is 0 Å². The average Bonchev–Trinajstić information content (AvgIpc) is 3.11. The molecule has 0 spiro atoms. The van der Waals surface area contributed by atoms with Crippen LogP contribution < -0.4 is 5.32 Å². The summed E-state index contributed by atoms with van der Waals surface area (Å²) in [6.07, 6.45) is 3.26. The minimum absolute atomic E-state index is 0. The first kappa shape index (κ1) is 17.4. The van der Waals surface area contributed by atoms with Crippen molar-refractivity contribution >= 4 is 29.7 Å². The zero-order valence-electron chi connectivity index (χ0n) is 13.2. The lowest BCUT2D eigenvalue weighted by Crippen LogP contribution is -2.42. The number of amides is 1. The zero-order chi connectivity index (χ0) is 15.8. The highest BCUT2D eigenvalue weighted by Gasteiger charge is 2.38. The van der Waals surface area contributed by atoms with Crippen LogP contribution in [0, 0.1) is 5.82 Å². The second kappa shape index (κ2) is 7.21. The van der Waals surface area contributed by atoms with Crippen molar-refractivity contribution in [2.75, 3.05) is 13.1 Å². The number of fused-ring (bicyclic) bond motifs is 2.